The highest BCUT2D eigenvalue weighted by atomic mass is 32.1. The van der Waals surface area contributed by atoms with Crippen LogP contribution < -0.4 is 9.64 Å². The Labute approximate surface area is 172 Å². The fourth-order valence-electron chi connectivity index (χ4n) is 5.56. The van der Waals surface area contributed by atoms with Gasteiger partial charge in [-0.2, -0.15) is 0 Å². The van der Waals surface area contributed by atoms with Crippen LogP contribution in [0.5, 0.6) is 5.75 Å². The van der Waals surface area contributed by atoms with E-state index in [1.807, 2.05) is 11.4 Å². The highest BCUT2D eigenvalue weighted by Gasteiger charge is 2.67. The van der Waals surface area contributed by atoms with Crippen molar-refractivity contribution < 1.29 is 19.1 Å². The zero-order valence-electron chi connectivity index (χ0n) is 15.6. The van der Waals surface area contributed by atoms with Crippen LogP contribution in [0, 0.1) is 35.5 Å². The standard InChI is InChI=1S/C23H19NO4S/c25-18(19-2-1-9-29-19)11-28-13-5-3-12(4-6-13)24-22(26)20-14-7-8-15(17-10-16(14)17)21(20)23(24)27/h1-9,14-17,20-21H,10-11H2/t14-,15-,16-,17+,20-,21+/m0/s1. The van der Waals surface area contributed by atoms with Crippen LogP contribution in [0.1, 0.15) is 16.1 Å². The van der Waals surface area contributed by atoms with E-state index >= 15 is 0 Å². The van der Waals surface area contributed by atoms with Crippen molar-refractivity contribution in [1.82, 2.24) is 0 Å². The van der Waals surface area contributed by atoms with Gasteiger partial charge in [-0.25, -0.2) is 0 Å². The number of allylic oxidation sites excluding steroid dienone is 2. The molecule has 0 spiro atoms. The van der Waals surface area contributed by atoms with Crippen molar-refractivity contribution in [3.05, 3.63) is 58.8 Å². The van der Waals surface area contributed by atoms with Crippen LogP contribution in [-0.4, -0.2) is 24.2 Å². The number of carbonyl (C=O) groups excluding carboxylic acids is 3. The Bertz CT molecular complexity index is 1010. The lowest BCUT2D eigenvalue weighted by Crippen LogP contribution is -2.40. The smallest absolute Gasteiger partial charge is 0.238 e. The number of hydrogen-bond donors (Lipinski definition) is 0. The van der Waals surface area contributed by atoms with Gasteiger partial charge in [0.1, 0.15) is 5.75 Å². The Morgan fingerprint density at radius 2 is 1.66 bits per heavy atom. The summed E-state index contributed by atoms with van der Waals surface area (Å²) in [5, 5.41) is 1.86. The topological polar surface area (TPSA) is 63.7 Å². The molecule has 6 heteroatoms. The molecule has 2 aromatic rings. The van der Waals surface area contributed by atoms with Gasteiger partial charge in [-0.3, -0.25) is 19.3 Å². The van der Waals surface area contributed by atoms with E-state index in [9.17, 15) is 14.4 Å². The molecule has 2 bridgehead atoms. The molecule has 4 aliphatic carbocycles. The molecule has 0 N–H and O–H groups in total. The Balaban J connectivity index is 1.19. The number of carbonyl (C=O) groups is 3. The number of thiophene rings is 1. The largest absolute Gasteiger partial charge is 0.485 e. The van der Waals surface area contributed by atoms with Crippen LogP contribution in [0.25, 0.3) is 0 Å². The fraction of sp³-hybridized carbons (Fsp3) is 0.348. The SMILES string of the molecule is O=C(COc1ccc(N2C(=O)[C@@H]3[C@H]4C=C[C@@H]([C@@H]5C[C@H]45)[C@@H]3C2=O)cc1)c1cccs1. The third-order valence-electron chi connectivity index (χ3n) is 6.92. The van der Waals surface area contributed by atoms with E-state index < -0.39 is 0 Å². The van der Waals surface area contributed by atoms with Crippen LogP contribution in [0.15, 0.2) is 53.9 Å². The molecule has 1 saturated heterocycles. The van der Waals surface area contributed by atoms with Gasteiger partial charge in [0.2, 0.25) is 17.6 Å². The minimum absolute atomic E-state index is 0.0383. The Morgan fingerprint density at radius 1 is 1.00 bits per heavy atom. The minimum atomic E-state index is -0.194. The van der Waals surface area contributed by atoms with Gasteiger partial charge in [0.15, 0.2) is 6.61 Å². The van der Waals surface area contributed by atoms with E-state index in [-0.39, 0.29) is 47.9 Å². The van der Waals surface area contributed by atoms with E-state index in [1.54, 1.807) is 30.3 Å². The van der Waals surface area contributed by atoms with Gasteiger partial charge in [-0.1, -0.05) is 18.2 Å². The van der Waals surface area contributed by atoms with Gasteiger partial charge in [0.25, 0.3) is 0 Å². The lowest BCUT2D eigenvalue weighted by atomic mass is 9.63. The zero-order chi connectivity index (χ0) is 19.7. The number of nitrogens with zero attached hydrogens (tertiary/aromatic N) is 1. The number of hydrogen-bond acceptors (Lipinski definition) is 5. The van der Waals surface area contributed by atoms with Crippen molar-refractivity contribution in [3.63, 3.8) is 0 Å². The predicted molar refractivity (Wildman–Crippen MR) is 108 cm³/mol. The second-order valence-corrected chi connectivity index (χ2v) is 9.30. The molecule has 3 fully saturated rings. The van der Waals surface area contributed by atoms with Crippen molar-refractivity contribution >= 4 is 34.6 Å². The van der Waals surface area contributed by atoms with E-state index in [2.05, 4.69) is 12.2 Å². The second kappa shape index (κ2) is 6.13. The molecule has 7 rings (SSSR count). The number of anilines is 1. The van der Waals surface area contributed by atoms with Gasteiger partial charge in [0.05, 0.1) is 22.4 Å². The van der Waals surface area contributed by atoms with E-state index in [0.29, 0.717) is 28.1 Å². The summed E-state index contributed by atoms with van der Waals surface area (Å²) in [4.78, 5) is 40.4. The van der Waals surface area contributed by atoms with Crippen molar-refractivity contribution in [2.45, 2.75) is 6.42 Å². The highest BCUT2D eigenvalue weighted by molar-refractivity contribution is 7.12. The van der Waals surface area contributed by atoms with Gasteiger partial charge >= 0.3 is 0 Å². The first-order valence-electron chi connectivity index (χ1n) is 9.99. The first-order chi connectivity index (χ1) is 14.1. The average Bonchev–Trinajstić information content (AvgIpc) is 3.31. The molecule has 2 amide bonds. The molecule has 2 saturated carbocycles. The normalized spacial score (nSPS) is 33.6. The van der Waals surface area contributed by atoms with Crippen molar-refractivity contribution in [1.29, 1.82) is 0 Å². The molecule has 0 radical (unpaired) electrons. The van der Waals surface area contributed by atoms with Gasteiger partial charge in [-0.05, 0) is 65.8 Å². The summed E-state index contributed by atoms with van der Waals surface area (Å²) in [5.41, 5.74) is 0.583. The molecule has 5 nitrogen and oxygen atoms in total. The zero-order valence-corrected chi connectivity index (χ0v) is 16.4. The molecule has 1 aliphatic heterocycles. The van der Waals surface area contributed by atoms with Gasteiger partial charge < -0.3 is 4.74 Å². The Kier molecular flexibility index (Phi) is 3.63. The van der Waals surface area contributed by atoms with Crippen LogP contribution in [0.4, 0.5) is 5.69 Å². The fourth-order valence-corrected chi connectivity index (χ4v) is 6.21. The summed E-state index contributed by atoms with van der Waals surface area (Å²) in [7, 11) is 0. The summed E-state index contributed by atoms with van der Waals surface area (Å²) in [5.74, 6) is 1.60. The molecular weight excluding hydrogens is 386 g/mol. The number of imide groups is 1. The summed E-state index contributed by atoms with van der Waals surface area (Å²) >= 11 is 1.39. The van der Waals surface area contributed by atoms with Gasteiger partial charge in [-0.15, -0.1) is 11.3 Å². The first kappa shape index (κ1) is 17.2. The predicted octanol–water partition coefficient (Wildman–Crippen LogP) is 3.57. The van der Waals surface area contributed by atoms with E-state index in [1.165, 1.54) is 16.2 Å². The molecule has 2 heterocycles. The number of rotatable bonds is 5. The maximum Gasteiger partial charge on any atom is 0.238 e. The molecule has 0 unspecified atom stereocenters. The van der Waals surface area contributed by atoms with Crippen LogP contribution in [0.3, 0.4) is 0 Å². The molecule has 29 heavy (non-hydrogen) atoms. The van der Waals surface area contributed by atoms with E-state index in [4.69, 9.17) is 4.74 Å². The number of amides is 2. The van der Waals surface area contributed by atoms with E-state index in [0.717, 1.165) is 6.42 Å². The van der Waals surface area contributed by atoms with Crippen molar-refractivity contribution in [2.24, 2.45) is 35.5 Å². The monoisotopic (exact) mass is 405 g/mol. The van der Waals surface area contributed by atoms with Crippen molar-refractivity contribution in [3.8, 4) is 5.75 Å². The minimum Gasteiger partial charge on any atom is -0.485 e. The molecular formula is C23H19NO4S. The molecule has 5 aliphatic rings. The average molecular weight is 405 g/mol. The third-order valence-corrected chi connectivity index (χ3v) is 7.83. The Hall–Kier alpha value is -2.73. The van der Waals surface area contributed by atoms with Crippen molar-refractivity contribution in [2.75, 3.05) is 11.5 Å². The number of benzene rings is 1. The molecule has 1 aromatic carbocycles. The van der Waals surface area contributed by atoms with Crippen LogP contribution in [-0.2, 0) is 9.59 Å². The quantitative estimate of drug-likeness (QED) is 0.433. The number of ketones is 1. The summed E-state index contributed by atoms with van der Waals surface area (Å²) < 4.78 is 5.58. The maximum atomic E-state index is 13.1. The number of Topliss-reactive ketones (excluding diaryl/α,β-unsaturated/α-hetero) is 1. The summed E-state index contributed by atoms with van der Waals surface area (Å²) in [6.45, 7) is -0.0383. The molecule has 1 aromatic heterocycles. The highest BCUT2D eigenvalue weighted by Crippen LogP contribution is 2.65. The maximum absolute atomic E-state index is 13.1. The molecule has 146 valence electrons. The van der Waals surface area contributed by atoms with Gasteiger partial charge in [0, 0.05) is 0 Å². The number of ether oxygens (including phenoxy) is 1. The lowest BCUT2D eigenvalue weighted by Gasteiger charge is -2.37. The van der Waals surface area contributed by atoms with Crippen LogP contribution >= 0.6 is 11.3 Å². The lowest BCUT2D eigenvalue weighted by molar-refractivity contribution is -0.124. The second-order valence-electron chi connectivity index (χ2n) is 8.35. The summed E-state index contributed by atoms with van der Waals surface area (Å²) in [6, 6.07) is 10.5. The Morgan fingerprint density at radius 3 is 2.24 bits per heavy atom. The molecule has 6 atom stereocenters. The summed E-state index contributed by atoms with van der Waals surface area (Å²) in [6.07, 6.45) is 5.51. The first-order valence-corrected chi connectivity index (χ1v) is 10.9. The van der Waals surface area contributed by atoms with Crippen LogP contribution in [0.2, 0.25) is 0 Å². The third kappa shape index (κ3) is 2.48.